The maximum absolute atomic E-state index is 13.0. The van der Waals surface area contributed by atoms with Crippen LogP contribution in [-0.2, 0) is 19.6 Å². The van der Waals surface area contributed by atoms with E-state index in [4.69, 9.17) is 0 Å². The second-order valence-electron chi connectivity index (χ2n) is 6.15. The molecule has 0 saturated carbocycles. The van der Waals surface area contributed by atoms with E-state index in [1.54, 1.807) is 18.3 Å². The first kappa shape index (κ1) is 21.9. The Hall–Kier alpha value is -2.42. The molecule has 0 aliphatic rings. The van der Waals surface area contributed by atoms with Crippen molar-refractivity contribution in [2.75, 3.05) is 6.54 Å². The summed E-state index contributed by atoms with van der Waals surface area (Å²) in [5.41, 5.74) is 3.37. The van der Waals surface area contributed by atoms with E-state index in [0.717, 1.165) is 24.6 Å². The number of halogens is 2. The number of rotatable bonds is 7. The maximum atomic E-state index is 13.0. The number of nitrogens with one attached hydrogen (secondary N) is 2. The summed E-state index contributed by atoms with van der Waals surface area (Å²) in [7, 11) is 0. The third kappa shape index (κ3) is 6.63. The van der Waals surface area contributed by atoms with Gasteiger partial charge in [0.05, 0.1) is 13.1 Å². The number of hydrogen-bond donors (Lipinski definition) is 2. The van der Waals surface area contributed by atoms with E-state index in [9.17, 15) is 4.39 Å². The molecule has 0 fully saturated rings. The molecule has 0 radical (unpaired) electrons. The number of benzene rings is 2. The van der Waals surface area contributed by atoms with Gasteiger partial charge in [-0.3, -0.25) is 4.68 Å². The molecule has 28 heavy (non-hydrogen) atoms. The highest BCUT2D eigenvalue weighted by atomic mass is 127. The van der Waals surface area contributed by atoms with Crippen LogP contribution < -0.4 is 10.6 Å². The molecule has 1 heterocycles. The van der Waals surface area contributed by atoms with E-state index in [0.29, 0.717) is 13.1 Å². The lowest BCUT2D eigenvalue weighted by Crippen LogP contribution is -2.37. The second kappa shape index (κ2) is 11.4. The van der Waals surface area contributed by atoms with Gasteiger partial charge < -0.3 is 10.6 Å². The molecule has 0 amide bonds. The minimum atomic E-state index is -0.235. The summed E-state index contributed by atoms with van der Waals surface area (Å²) in [5, 5.41) is 10.9. The number of aromatic nitrogens is 2. The summed E-state index contributed by atoms with van der Waals surface area (Å²) < 4.78 is 14.9. The van der Waals surface area contributed by atoms with E-state index in [1.807, 2.05) is 36.0 Å². The zero-order valence-corrected chi connectivity index (χ0v) is 18.1. The summed E-state index contributed by atoms with van der Waals surface area (Å²) >= 11 is 0. The van der Waals surface area contributed by atoms with Crippen molar-refractivity contribution >= 4 is 29.9 Å². The van der Waals surface area contributed by atoms with Crippen LogP contribution in [-0.4, -0.2) is 22.3 Å². The van der Waals surface area contributed by atoms with Gasteiger partial charge in [0.1, 0.15) is 5.82 Å². The first-order chi connectivity index (χ1) is 13.2. The van der Waals surface area contributed by atoms with E-state index < -0.39 is 0 Å². The van der Waals surface area contributed by atoms with Crippen LogP contribution in [0.4, 0.5) is 4.39 Å². The molecule has 0 aliphatic heterocycles. The third-order valence-corrected chi connectivity index (χ3v) is 4.13. The van der Waals surface area contributed by atoms with Gasteiger partial charge in [-0.1, -0.05) is 36.4 Å². The van der Waals surface area contributed by atoms with Gasteiger partial charge in [-0.25, -0.2) is 9.38 Å². The van der Waals surface area contributed by atoms with Gasteiger partial charge in [0.15, 0.2) is 5.96 Å². The van der Waals surface area contributed by atoms with Crippen molar-refractivity contribution in [2.45, 2.75) is 26.6 Å². The highest BCUT2D eigenvalue weighted by Gasteiger charge is 2.05. The number of guanidine groups is 1. The van der Waals surface area contributed by atoms with Crippen LogP contribution in [0.1, 0.15) is 23.6 Å². The Morgan fingerprint density at radius 2 is 1.79 bits per heavy atom. The molecule has 2 aromatic carbocycles. The monoisotopic (exact) mass is 493 g/mol. The maximum Gasteiger partial charge on any atom is 0.191 e. The van der Waals surface area contributed by atoms with Crippen LogP contribution in [0.5, 0.6) is 0 Å². The molecule has 3 rings (SSSR count). The molecule has 148 valence electrons. The van der Waals surface area contributed by atoms with Crippen molar-refractivity contribution in [1.82, 2.24) is 20.4 Å². The lowest BCUT2D eigenvalue weighted by molar-refractivity contribution is 0.627. The lowest BCUT2D eigenvalue weighted by Gasteiger charge is -2.14. The summed E-state index contributed by atoms with van der Waals surface area (Å²) in [4.78, 5) is 4.59. The predicted octanol–water partition coefficient (Wildman–Crippen LogP) is 3.94. The van der Waals surface area contributed by atoms with Gasteiger partial charge in [-0.15, -0.1) is 24.0 Å². The van der Waals surface area contributed by atoms with Crippen molar-refractivity contribution < 1.29 is 4.39 Å². The molecule has 0 unspecified atom stereocenters. The number of hydrogen-bond acceptors (Lipinski definition) is 2. The van der Waals surface area contributed by atoms with Crippen LogP contribution >= 0.6 is 24.0 Å². The van der Waals surface area contributed by atoms with Crippen molar-refractivity contribution in [1.29, 1.82) is 0 Å². The van der Waals surface area contributed by atoms with Gasteiger partial charge >= 0.3 is 0 Å². The molecule has 3 aromatic rings. The number of aliphatic imine (C=N–C) groups is 1. The van der Waals surface area contributed by atoms with Crippen LogP contribution in [0.25, 0.3) is 0 Å². The average Bonchev–Trinajstić information content (AvgIpc) is 3.19. The summed E-state index contributed by atoms with van der Waals surface area (Å²) in [6.07, 6.45) is 3.74. The Morgan fingerprint density at radius 3 is 2.46 bits per heavy atom. The minimum Gasteiger partial charge on any atom is -0.357 e. The predicted molar refractivity (Wildman–Crippen MR) is 121 cm³/mol. The molecule has 0 saturated heterocycles. The average molecular weight is 493 g/mol. The van der Waals surface area contributed by atoms with E-state index in [-0.39, 0.29) is 29.8 Å². The van der Waals surface area contributed by atoms with Crippen molar-refractivity contribution in [2.24, 2.45) is 4.99 Å². The standard InChI is InChI=1S/C21H24FN5.HI/c1-2-23-21(24-14-17-8-10-20(22)11-9-17)25-15-18-6-3-4-7-19(18)16-27-13-5-12-26-27;/h3-13H,2,14-16H2,1H3,(H2,23,24,25);1H. The van der Waals surface area contributed by atoms with Crippen molar-refractivity contribution in [3.8, 4) is 0 Å². The van der Waals surface area contributed by atoms with Crippen LogP contribution in [0, 0.1) is 5.82 Å². The summed E-state index contributed by atoms with van der Waals surface area (Å²) in [6.45, 7) is 4.68. The largest absolute Gasteiger partial charge is 0.357 e. The van der Waals surface area contributed by atoms with Crippen molar-refractivity contribution in [3.63, 3.8) is 0 Å². The molecular weight excluding hydrogens is 468 g/mol. The molecule has 0 spiro atoms. The fourth-order valence-electron chi connectivity index (χ4n) is 2.73. The molecule has 2 N–H and O–H groups in total. The van der Waals surface area contributed by atoms with Gasteiger partial charge in [0, 0.05) is 25.5 Å². The third-order valence-electron chi connectivity index (χ3n) is 4.13. The Labute approximate surface area is 182 Å². The van der Waals surface area contributed by atoms with Crippen LogP contribution in [0.15, 0.2) is 72.0 Å². The fraction of sp³-hybridized carbons (Fsp3) is 0.238. The zero-order valence-electron chi connectivity index (χ0n) is 15.8. The Balaban J connectivity index is 0.00000280. The van der Waals surface area contributed by atoms with Crippen LogP contribution in [0.3, 0.4) is 0 Å². The van der Waals surface area contributed by atoms with E-state index in [1.165, 1.54) is 23.3 Å². The first-order valence-corrected chi connectivity index (χ1v) is 9.05. The van der Waals surface area contributed by atoms with Crippen LogP contribution in [0.2, 0.25) is 0 Å². The lowest BCUT2D eigenvalue weighted by atomic mass is 10.1. The van der Waals surface area contributed by atoms with E-state index >= 15 is 0 Å². The fourth-order valence-corrected chi connectivity index (χ4v) is 2.73. The Kier molecular flexibility index (Phi) is 8.93. The van der Waals surface area contributed by atoms with Gasteiger partial charge in [0.2, 0.25) is 0 Å². The van der Waals surface area contributed by atoms with Gasteiger partial charge in [-0.05, 0) is 41.8 Å². The summed E-state index contributed by atoms with van der Waals surface area (Å²) in [6, 6.07) is 16.6. The second-order valence-corrected chi connectivity index (χ2v) is 6.15. The highest BCUT2D eigenvalue weighted by Crippen LogP contribution is 2.10. The zero-order chi connectivity index (χ0) is 18.9. The smallest absolute Gasteiger partial charge is 0.191 e. The quantitative estimate of drug-likeness (QED) is 0.298. The molecule has 0 bridgehead atoms. The highest BCUT2D eigenvalue weighted by molar-refractivity contribution is 14.0. The van der Waals surface area contributed by atoms with Crippen molar-refractivity contribution in [3.05, 3.63) is 89.5 Å². The van der Waals surface area contributed by atoms with Gasteiger partial charge in [0.25, 0.3) is 0 Å². The molecular formula is C21H25FIN5. The molecule has 7 heteroatoms. The minimum absolute atomic E-state index is 0. The number of nitrogens with zero attached hydrogens (tertiary/aromatic N) is 3. The Morgan fingerprint density at radius 1 is 1.04 bits per heavy atom. The molecule has 1 aromatic heterocycles. The molecule has 0 atom stereocenters. The first-order valence-electron chi connectivity index (χ1n) is 9.05. The summed E-state index contributed by atoms with van der Waals surface area (Å²) in [5.74, 6) is 0.497. The van der Waals surface area contributed by atoms with Gasteiger partial charge in [-0.2, -0.15) is 5.10 Å². The normalized spacial score (nSPS) is 11.0. The molecule has 0 aliphatic carbocycles. The SMILES string of the molecule is CCNC(=NCc1ccc(F)cc1)NCc1ccccc1Cn1cccn1.I. The molecule has 5 nitrogen and oxygen atoms in total. The topological polar surface area (TPSA) is 54.2 Å². The Bertz CT molecular complexity index is 863. The van der Waals surface area contributed by atoms with E-state index in [2.05, 4.69) is 32.9 Å².